The van der Waals surface area contributed by atoms with Gasteiger partial charge in [-0.3, -0.25) is 10.1 Å². The Kier molecular flexibility index (Phi) is 5.14. The van der Waals surface area contributed by atoms with Crippen molar-refractivity contribution in [2.75, 3.05) is 6.73 Å². The zero-order valence-corrected chi connectivity index (χ0v) is 9.00. The number of halogens is 3. The first-order valence-corrected chi connectivity index (χ1v) is 4.47. The predicted molar refractivity (Wildman–Crippen MR) is 51.0 cm³/mol. The van der Waals surface area contributed by atoms with E-state index in [1.165, 1.54) is 13.0 Å². The third-order valence-electron chi connectivity index (χ3n) is 1.92. The van der Waals surface area contributed by atoms with Crippen molar-refractivity contribution >= 4 is 11.9 Å². The number of hydrogen-bond donors (Lipinski definition) is 2. The fraction of sp³-hybridized carbons (Fsp3) is 0.556. The first-order valence-electron chi connectivity index (χ1n) is 4.47. The third-order valence-corrected chi connectivity index (χ3v) is 1.92. The number of rotatable bonds is 6. The van der Waals surface area contributed by atoms with Crippen LogP contribution in [0.1, 0.15) is 13.3 Å². The van der Waals surface area contributed by atoms with E-state index in [-0.39, 0.29) is 6.42 Å². The zero-order valence-electron chi connectivity index (χ0n) is 9.00. The number of alkyl halides is 3. The summed E-state index contributed by atoms with van der Waals surface area (Å²) in [4.78, 5) is 21.1. The average Bonchev–Trinajstić information content (AvgIpc) is 2.16. The second kappa shape index (κ2) is 5.67. The van der Waals surface area contributed by atoms with Crippen LogP contribution in [-0.4, -0.2) is 35.5 Å². The molecule has 0 aliphatic rings. The topological polar surface area (TPSA) is 75.6 Å². The second-order valence-electron chi connectivity index (χ2n) is 3.38. The smallest absolute Gasteiger partial charge is 0.480 e. The van der Waals surface area contributed by atoms with Crippen LogP contribution in [0.15, 0.2) is 12.7 Å². The summed E-state index contributed by atoms with van der Waals surface area (Å²) < 4.78 is 39.0. The number of carboxylic acids is 1. The number of ether oxygens (including phenoxy) is 1. The Morgan fingerprint density at radius 2 is 2.00 bits per heavy atom. The van der Waals surface area contributed by atoms with Gasteiger partial charge in [0, 0.05) is 0 Å². The van der Waals surface area contributed by atoms with Gasteiger partial charge < -0.3 is 9.84 Å². The SMILES string of the molecule is C=CC[C@@](C)(NCOC(=O)C(F)(F)F)C(=O)O. The summed E-state index contributed by atoms with van der Waals surface area (Å²) in [6, 6.07) is 0. The lowest BCUT2D eigenvalue weighted by Gasteiger charge is -2.24. The number of esters is 1. The molecule has 1 atom stereocenters. The van der Waals surface area contributed by atoms with Crippen LogP contribution in [0.3, 0.4) is 0 Å². The van der Waals surface area contributed by atoms with Crippen LogP contribution in [0.25, 0.3) is 0 Å². The van der Waals surface area contributed by atoms with Gasteiger partial charge in [-0.15, -0.1) is 6.58 Å². The molecule has 0 bridgehead atoms. The maximum absolute atomic E-state index is 11.7. The number of carboxylic acid groups (broad SMARTS) is 1. The van der Waals surface area contributed by atoms with Crippen LogP contribution < -0.4 is 5.32 Å². The van der Waals surface area contributed by atoms with Crippen molar-refractivity contribution in [1.82, 2.24) is 5.32 Å². The molecule has 0 amide bonds. The highest BCUT2D eigenvalue weighted by atomic mass is 19.4. The minimum absolute atomic E-state index is 0.0358. The summed E-state index contributed by atoms with van der Waals surface area (Å²) in [5, 5.41) is 11.0. The van der Waals surface area contributed by atoms with Gasteiger partial charge in [0.25, 0.3) is 0 Å². The molecule has 17 heavy (non-hydrogen) atoms. The number of hydrogen-bond acceptors (Lipinski definition) is 4. The Morgan fingerprint density at radius 1 is 1.47 bits per heavy atom. The molecule has 98 valence electrons. The van der Waals surface area contributed by atoms with Crippen molar-refractivity contribution in [2.24, 2.45) is 0 Å². The quantitative estimate of drug-likeness (QED) is 0.421. The minimum Gasteiger partial charge on any atom is -0.480 e. The maximum Gasteiger partial charge on any atom is 0.490 e. The Labute approximate surface area is 95.2 Å². The summed E-state index contributed by atoms with van der Waals surface area (Å²) in [7, 11) is 0. The lowest BCUT2D eigenvalue weighted by atomic mass is 9.99. The van der Waals surface area contributed by atoms with Crippen molar-refractivity contribution in [3.05, 3.63) is 12.7 Å². The largest absolute Gasteiger partial charge is 0.490 e. The zero-order chi connectivity index (χ0) is 13.7. The number of carbonyl (C=O) groups excluding carboxylic acids is 1. The maximum atomic E-state index is 11.7. The molecular formula is C9H12F3NO4. The molecular weight excluding hydrogens is 243 g/mol. The molecule has 2 N–H and O–H groups in total. The van der Waals surface area contributed by atoms with Crippen molar-refractivity contribution in [1.29, 1.82) is 0 Å². The molecule has 0 fully saturated rings. The van der Waals surface area contributed by atoms with E-state index in [9.17, 15) is 22.8 Å². The van der Waals surface area contributed by atoms with Crippen molar-refractivity contribution in [3.8, 4) is 0 Å². The van der Waals surface area contributed by atoms with Gasteiger partial charge in [-0.1, -0.05) is 6.08 Å². The lowest BCUT2D eigenvalue weighted by molar-refractivity contribution is -0.201. The van der Waals surface area contributed by atoms with E-state index in [4.69, 9.17) is 5.11 Å². The van der Waals surface area contributed by atoms with Gasteiger partial charge in [0.15, 0.2) is 0 Å². The van der Waals surface area contributed by atoms with E-state index in [0.29, 0.717) is 0 Å². The van der Waals surface area contributed by atoms with Crippen LogP contribution in [0.5, 0.6) is 0 Å². The van der Waals surface area contributed by atoms with Gasteiger partial charge in [0.1, 0.15) is 12.3 Å². The average molecular weight is 255 g/mol. The fourth-order valence-electron chi connectivity index (χ4n) is 0.867. The van der Waals surface area contributed by atoms with E-state index in [1.807, 2.05) is 0 Å². The molecule has 0 unspecified atom stereocenters. The van der Waals surface area contributed by atoms with Crippen LogP contribution in [0, 0.1) is 0 Å². The van der Waals surface area contributed by atoms with E-state index in [0.717, 1.165) is 0 Å². The Bertz CT molecular complexity index is 316. The highest BCUT2D eigenvalue weighted by Crippen LogP contribution is 2.16. The summed E-state index contributed by atoms with van der Waals surface area (Å²) >= 11 is 0. The molecule has 0 aliphatic heterocycles. The fourth-order valence-corrected chi connectivity index (χ4v) is 0.867. The van der Waals surface area contributed by atoms with Crippen molar-refractivity contribution < 1.29 is 32.6 Å². The van der Waals surface area contributed by atoms with Crippen molar-refractivity contribution in [2.45, 2.75) is 25.1 Å². The van der Waals surface area contributed by atoms with Gasteiger partial charge in [-0.25, -0.2) is 4.79 Å². The Balaban J connectivity index is 4.31. The summed E-state index contributed by atoms with van der Waals surface area (Å²) in [6.45, 7) is 3.70. The van der Waals surface area contributed by atoms with Gasteiger partial charge in [-0.2, -0.15) is 13.2 Å². The molecule has 5 nitrogen and oxygen atoms in total. The van der Waals surface area contributed by atoms with Crippen LogP contribution in [-0.2, 0) is 14.3 Å². The molecule has 0 aromatic carbocycles. The number of aliphatic carboxylic acids is 1. The van der Waals surface area contributed by atoms with Crippen LogP contribution in [0.2, 0.25) is 0 Å². The van der Waals surface area contributed by atoms with Gasteiger partial charge in [0.2, 0.25) is 0 Å². The molecule has 0 aromatic heterocycles. The standard InChI is InChI=1S/C9H12F3NO4/c1-3-4-8(2,6(14)15)13-5-17-7(16)9(10,11)12/h3,13H,1,4-5H2,2H3,(H,14,15)/t8-/m1/s1. The van der Waals surface area contributed by atoms with Crippen LogP contribution in [0.4, 0.5) is 13.2 Å². The van der Waals surface area contributed by atoms with Crippen LogP contribution >= 0.6 is 0 Å². The van der Waals surface area contributed by atoms with E-state index in [1.54, 1.807) is 0 Å². The lowest BCUT2D eigenvalue weighted by Crippen LogP contribution is -2.50. The molecule has 0 rings (SSSR count). The monoisotopic (exact) mass is 255 g/mol. The Hall–Kier alpha value is -1.57. The summed E-state index contributed by atoms with van der Waals surface area (Å²) in [5.74, 6) is -3.67. The minimum atomic E-state index is -5.10. The van der Waals surface area contributed by atoms with Crippen molar-refractivity contribution in [3.63, 3.8) is 0 Å². The van der Waals surface area contributed by atoms with E-state index < -0.39 is 30.4 Å². The molecule has 0 heterocycles. The normalized spacial score (nSPS) is 14.8. The highest BCUT2D eigenvalue weighted by molar-refractivity contribution is 5.78. The molecule has 0 aromatic rings. The van der Waals surface area contributed by atoms with Gasteiger partial charge in [-0.05, 0) is 13.3 Å². The van der Waals surface area contributed by atoms with Gasteiger partial charge >= 0.3 is 18.1 Å². The summed E-state index contributed by atoms with van der Waals surface area (Å²) in [5.41, 5.74) is -1.53. The molecule has 0 saturated heterocycles. The van der Waals surface area contributed by atoms with Gasteiger partial charge in [0.05, 0.1) is 0 Å². The molecule has 0 spiro atoms. The van der Waals surface area contributed by atoms with E-state index >= 15 is 0 Å². The second-order valence-corrected chi connectivity index (χ2v) is 3.38. The number of carbonyl (C=O) groups is 2. The first-order chi connectivity index (χ1) is 7.63. The predicted octanol–water partition coefficient (Wildman–Crippen LogP) is 1.06. The summed E-state index contributed by atoms with van der Waals surface area (Å²) in [6.07, 6.45) is -3.85. The number of nitrogens with one attached hydrogen (secondary N) is 1. The van der Waals surface area contributed by atoms with E-state index in [2.05, 4.69) is 16.6 Å². The highest BCUT2D eigenvalue weighted by Gasteiger charge is 2.41. The molecule has 8 heteroatoms. The first kappa shape index (κ1) is 15.4. The molecule has 0 saturated carbocycles. The Morgan fingerprint density at radius 3 is 2.35 bits per heavy atom. The third kappa shape index (κ3) is 4.85. The molecule has 0 radical (unpaired) electrons. The molecule has 0 aliphatic carbocycles.